The van der Waals surface area contributed by atoms with E-state index in [-0.39, 0.29) is 11.5 Å². The molecule has 4 nitrogen and oxygen atoms in total. The van der Waals surface area contributed by atoms with E-state index in [2.05, 4.69) is 5.32 Å². The van der Waals surface area contributed by atoms with E-state index in [1.54, 1.807) is 11.9 Å². The SMILES string of the molecule is CN(/C=C(/C#N)C(=O)NCc1ccccc1)c1ccccc1. The van der Waals surface area contributed by atoms with Gasteiger partial charge in [-0.25, -0.2) is 0 Å². The Morgan fingerprint density at radius 3 is 2.32 bits per heavy atom. The van der Waals surface area contributed by atoms with Crippen LogP contribution < -0.4 is 10.2 Å². The van der Waals surface area contributed by atoms with Crippen molar-refractivity contribution in [3.05, 3.63) is 78.0 Å². The van der Waals surface area contributed by atoms with Crippen LogP contribution in [0.3, 0.4) is 0 Å². The monoisotopic (exact) mass is 291 g/mol. The number of amides is 1. The second-order valence-electron chi connectivity index (χ2n) is 4.77. The summed E-state index contributed by atoms with van der Waals surface area (Å²) in [7, 11) is 1.80. The Labute approximate surface area is 130 Å². The Bertz CT molecular complexity index is 687. The summed E-state index contributed by atoms with van der Waals surface area (Å²) in [6.45, 7) is 0.397. The summed E-state index contributed by atoms with van der Waals surface area (Å²) < 4.78 is 0. The second kappa shape index (κ2) is 7.65. The molecule has 0 aliphatic carbocycles. The van der Waals surface area contributed by atoms with E-state index >= 15 is 0 Å². The van der Waals surface area contributed by atoms with Crippen molar-refractivity contribution in [2.24, 2.45) is 0 Å². The zero-order valence-corrected chi connectivity index (χ0v) is 12.4. The average Bonchev–Trinajstić information content (AvgIpc) is 2.59. The number of rotatable bonds is 5. The number of hydrogen-bond donors (Lipinski definition) is 1. The summed E-state index contributed by atoms with van der Waals surface area (Å²) in [5.41, 5.74) is 1.97. The molecule has 0 atom stereocenters. The largest absolute Gasteiger partial charge is 0.350 e. The maximum absolute atomic E-state index is 12.1. The third kappa shape index (κ3) is 4.22. The van der Waals surface area contributed by atoms with Crippen molar-refractivity contribution < 1.29 is 4.79 Å². The zero-order chi connectivity index (χ0) is 15.8. The van der Waals surface area contributed by atoms with Crippen molar-refractivity contribution in [1.29, 1.82) is 5.26 Å². The first-order valence-corrected chi connectivity index (χ1v) is 6.92. The van der Waals surface area contributed by atoms with Crippen LogP contribution in [-0.4, -0.2) is 13.0 Å². The number of carbonyl (C=O) groups excluding carboxylic acids is 1. The van der Waals surface area contributed by atoms with Gasteiger partial charge in [-0.1, -0.05) is 48.5 Å². The highest BCUT2D eigenvalue weighted by Gasteiger charge is 2.10. The lowest BCUT2D eigenvalue weighted by molar-refractivity contribution is -0.117. The summed E-state index contributed by atoms with van der Waals surface area (Å²) in [4.78, 5) is 13.8. The average molecular weight is 291 g/mol. The fraction of sp³-hybridized carbons (Fsp3) is 0.111. The minimum atomic E-state index is -0.380. The van der Waals surface area contributed by atoms with Gasteiger partial charge in [-0.15, -0.1) is 0 Å². The Hall–Kier alpha value is -3.06. The number of carbonyl (C=O) groups is 1. The summed E-state index contributed by atoms with van der Waals surface area (Å²) >= 11 is 0. The maximum atomic E-state index is 12.1. The third-order valence-corrected chi connectivity index (χ3v) is 3.15. The fourth-order valence-electron chi connectivity index (χ4n) is 1.94. The van der Waals surface area contributed by atoms with Crippen molar-refractivity contribution in [1.82, 2.24) is 5.32 Å². The van der Waals surface area contributed by atoms with Crippen LogP contribution in [0.4, 0.5) is 5.69 Å². The first-order valence-electron chi connectivity index (χ1n) is 6.92. The van der Waals surface area contributed by atoms with Crippen LogP contribution in [0.5, 0.6) is 0 Å². The summed E-state index contributed by atoms with van der Waals surface area (Å²) in [6, 6.07) is 21.1. The zero-order valence-electron chi connectivity index (χ0n) is 12.4. The lowest BCUT2D eigenvalue weighted by Gasteiger charge is -2.14. The van der Waals surface area contributed by atoms with Crippen LogP contribution in [0.15, 0.2) is 72.4 Å². The van der Waals surface area contributed by atoms with Crippen LogP contribution in [0, 0.1) is 11.3 Å². The third-order valence-electron chi connectivity index (χ3n) is 3.15. The van der Waals surface area contributed by atoms with Gasteiger partial charge in [0.05, 0.1) is 0 Å². The van der Waals surface area contributed by atoms with Crippen LogP contribution >= 0.6 is 0 Å². The first kappa shape index (κ1) is 15.3. The van der Waals surface area contributed by atoms with E-state index in [1.807, 2.05) is 66.7 Å². The standard InChI is InChI=1S/C18H17N3O/c1-21(17-10-6-3-7-11-17)14-16(12-19)18(22)20-13-15-8-4-2-5-9-15/h2-11,14H,13H2,1H3,(H,20,22)/b16-14-. The van der Waals surface area contributed by atoms with Crippen LogP contribution in [0.1, 0.15) is 5.56 Å². The highest BCUT2D eigenvalue weighted by Crippen LogP contribution is 2.12. The molecule has 22 heavy (non-hydrogen) atoms. The topological polar surface area (TPSA) is 56.1 Å². The molecule has 0 saturated carbocycles. The number of nitrogens with one attached hydrogen (secondary N) is 1. The number of nitrogens with zero attached hydrogens (tertiary/aromatic N) is 2. The molecule has 2 aromatic rings. The van der Waals surface area contributed by atoms with E-state index in [4.69, 9.17) is 0 Å². The number of benzene rings is 2. The first-order chi connectivity index (χ1) is 10.7. The van der Waals surface area contributed by atoms with Gasteiger partial charge in [-0.3, -0.25) is 4.79 Å². The predicted octanol–water partition coefficient (Wildman–Crippen LogP) is 2.85. The molecule has 0 spiro atoms. The van der Waals surface area contributed by atoms with Crippen molar-refractivity contribution >= 4 is 11.6 Å². The molecule has 2 rings (SSSR count). The molecule has 4 heteroatoms. The van der Waals surface area contributed by atoms with Gasteiger partial charge >= 0.3 is 0 Å². The van der Waals surface area contributed by atoms with E-state index < -0.39 is 0 Å². The van der Waals surface area contributed by atoms with E-state index in [9.17, 15) is 10.1 Å². The Balaban J connectivity index is 2.03. The summed E-state index contributed by atoms with van der Waals surface area (Å²) in [5, 5.41) is 11.9. The highest BCUT2D eigenvalue weighted by atomic mass is 16.1. The van der Waals surface area contributed by atoms with Gasteiger partial charge in [0, 0.05) is 25.5 Å². The molecule has 0 radical (unpaired) electrons. The normalized spacial score (nSPS) is 10.6. The molecular formula is C18H17N3O. The summed E-state index contributed by atoms with van der Waals surface area (Å²) in [5.74, 6) is -0.380. The van der Waals surface area contributed by atoms with Crippen LogP contribution in [0.25, 0.3) is 0 Å². The molecule has 1 N–H and O–H groups in total. The minimum absolute atomic E-state index is 0.0716. The quantitative estimate of drug-likeness (QED) is 0.681. The smallest absolute Gasteiger partial charge is 0.263 e. The molecule has 0 aliphatic rings. The molecule has 0 fully saturated rings. The molecule has 0 aromatic heterocycles. The van der Waals surface area contributed by atoms with Crippen LogP contribution in [-0.2, 0) is 11.3 Å². The number of anilines is 1. The number of para-hydroxylation sites is 1. The summed E-state index contributed by atoms with van der Waals surface area (Å²) in [6.07, 6.45) is 1.54. The van der Waals surface area contributed by atoms with Crippen molar-refractivity contribution in [3.63, 3.8) is 0 Å². The molecule has 2 aromatic carbocycles. The molecule has 0 unspecified atom stereocenters. The van der Waals surface area contributed by atoms with E-state index in [0.717, 1.165) is 11.3 Å². The van der Waals surface area contributed by atoms with Gasteiger partial charge < -0.3 is 10.2 Å². The van der Waals surface area contributed by atoms with Gasteiger partial charge in [0.1, 0.15) is 11.6 Å². The Morgan fingerprint density at radius 1 is 1.14 bits per heavy atom. The predicted molar refractivity (Wildman–Crippen MR) is 86.8 cm³/mol. The second-order valence-corrected chi connectivity index (χ2v) is 4.77. The molecule has 0 heterocycles. The van der Waals surface area contributed by atoms with Crippen molar-refractivity contribution in [3.8, 4) is 6.07 Å². The van der Waals surface area contributed by atoms with Crippen molar-refractivity contribution in [2.45, 2.75) is 6.54 Å². The van der Waals surface area contributed by atoms with E-state index in [0.29, 0.717) is 6.54 Å². The Morgan fingerprint density at radius 2 is 1.73 bits per heavy atom. The molecule has 110 valence electrons. The van der Waals surface area contributed by atoms with Crippen molar-refractivity contribution in [2.75, 3.05) is 11.9 Å². The number of hydrogen-bond acceptors (Lipinski definition) is 3. The van der Waals surface area contributed by atoms with Gasteiger partial charge in [-0.05, 0) is 17.7 Å². The fourth-order valence-corrected chi connectivity index (χ4v) is 1.94. The van der Waals surface area contributed by atoms with Gasteiger partial charge in [-0.2, -0.15) is 5.26 Å². The van der Waals surface area contributed by atoms with Gasteiger partial charge in [0.25, 0.3) is 5.91 Å². The molecule has 1 amide bonds. The molecule has 0 aliphatic heterocycles. The number of nitriles is 1. The Kier molecular flexibility index (Phi) is 5.33. The highest BCUT2D eigenvalue weighted by molar-refractivity contribution is 5.97. The molecular weight excluding hydrogens is 274 g/mol. The van der Waals surface area contributed by atoms with Crippen LogP contribution in [0.2, 0.25) is 0 Å². The van der Waals surface area contributed by atoms with Gasteiger partial charge in [0.15, 0.2) is 0 Å². The van der Waals surface area contributed by atoms with E-state index in [1.165, 1.54) is 6.20 Å². The lowest BCUT2D eigenvalue weighted by atomic mass is 10.2. The molecule has 0 saturated heterocycles. The molecule has 0 bridgehead atoms. The van der Waals surface area contributed by atoms with Gasteiger partial charge in [0.2, 0.25) is 0 Å². The maximum Gasteiger partial charge on any atom is 0.263 e. The lowest BCUT2D eigenvalue weighted by Crippen LogP contribution is -2.25. The minimum Gasteiger partial charge on any atom is -0.350 e.